The highest BCUT2D eigenvalue weighted by Crippen LogP contribution is 2.39. The van der Waals surface area contributed by atoms with E-state index in [1.54, 1.807) is 0 Å². The molecule has 1 aliphatic rings. The first-order valence-corrected chi connectivity index (χ1v) is 6.80. The Morgan fingerprint density at radius 1 is 1.07 bits per heavy atom. The van der Waals surface area contributed by atoms with Crippen LogP contribution in [0.1, 0.15) is 58.8 Å². The number of rotatable bonds is 6. The molecule has 0 amide bonds. The molecule has 0 aromatic carbocycles. The third kappa shape index (κ3) is 4.14. The fourth-order valence-electron chi connectivity index (χ4n) is 3.24. The van der Waals surface area contributed by atoms with E-state index in [2.05, 4.69) is 13.8 Å². The Labute approximate surface area is 95.6 Å². The van der Waals surface area contributed by atoms with Gasteiger partial charge in [-0.25, -0.2) is 0 Å². The molecule has 15 heavy (non-hydrogen) atoms. The monoisotopic (exact) mass is 212 g/mol. The van der Waals surface area contributed by atoms with Gasteiger partial charge in [0, 0.05) is 13.7 Å². The van der Waals surface area contributed by atoms with E-state index in [9.17, 15) is 0 Å². The zero-order valence-electron chi connectivity index (χ0n) is 10.8. The van der Waals surface area contributed by atoms with Gasteiger partial charge < -0.3 is 4.74 Å². The van der Waals surface area contributed by atoms with Crippen molar-refractivity contribution in [3.63, 3.8) is 0 Å². The molecule has 1 fully saturated rings. The smallest absolute Gasteiger partial charge is 0.0462 e. The third-order valence-electron chi connectivity index (χ3n) is 4.26. The molecule has 3 atom stereocenters. The number of ether oxygens (including phenoxy) is 1. The van der Waals surface area contributed by atoms with Gasteiger partial charge in [0.25, 0.3) is 0 Å². The van der Waals surface area contributed by atoms with Crippen molar-refractivity contribution in [3.05, 3.63) is 0 Å². The summed E-state index contributed by atoms with van der Waals surface area (Å²) in [7, 11) is 1.81. The summed E-state index contributed by atoms with van der Waals surface area (Å²) in [4.78, 5) is 0. The number of methoxy groups -OCH3 is 1. The Kier molecular flexibility index (Phi) is 6.31. The van der Waals surface area contributed by atoms with Crippen molar-refractivity contribution in [2.24, 2.45) is 17.8 Å². The molecule has 90 valence electrons. The summed E-state index contributed by atoms with van der Waals surface area (Å²) in [5, 5.41) is 0. The van der Waals surface area contributed by atoms with Crippen LogP contribution in [0.2, 0.25) is 0 Å². The van der Waals surface area contributed by atoms with E-state index in [-0.39, 0.29) is 0 Å². The molecule has 0 heterocycles. The van der Waals surface area contributed by atoms with Crippen molar-refractivity contribution in [2.75, 3.05) is 13.7 Å². The van der Waals surface area contributed by atoms with Crippen molar-refractivity contribution in [3.8, 4) is 0 Å². The highest BCUT2D eigenvalue weighted by molar-refractivity contribution is 4.78. The van der Waals surface area contributed by atoms with Gasteiger partial charge in [-0.15, -0.1) is 0 Å². The highest BCUT2D eigenvalue weighted by atomic mass is 16.5. The summed E-state index contributed by atoms with van der Waals surface area (Å²) in [5.41, 5.74) is 0. The van der Waals surface area contributed by atoms with E-state index in [1.165, 1.54) is 44.9 Å². The molecule has 0 spiro atoms. The van der Waals surface area contributed by atoms with Crippen LogP contribution in [0, 0.1) is 17.8 Å². The maximum absolute atomic E-state index is 5.13. The minimum Gasteiger partial charge on any atom is -0.385 e. The zero-order chi connectivity index (χ0) is 11.1. The van der Waals surface area contributed by atoms with Crippen molar-refractivity contribution in [2.45, 2.75) is 58.8 Å². The Hall–Kier alpha value is -0.0400. The standard InChI is InChI=1S/C14H28O/c1-4-13-9-8-12(7-6-10-15-3)11-14(13)5-2/h12-14H,4-11H2,1-3H3. The molecule has 0 N–H and O–H groups in total. The highest BCUT2D eigenvalue weighted by Gasteiger charge is 2.27. The Morgan fingerprint density at radius 2 is 1.80 bits per heavy atom. The van der Waals surface area contributed by atoms with Gasteiger partial charge >= 0.3 is 0 Å². The van der Waals surface area contributed by atoms with Crippen molar-refractivity contribution in [1.29, 1.82) is 0 Å². The van der Waals surface area contributed by atoms with Gasteiger partial charge in [-0.05, 0) is 43.4 Å². The van der Waals surface area contributed by atoms with E-state index >= 15 is 0 Å². The second kappa shape index (κ2) is 7.27. The lowest BCUT2D eigenvalue weighted by molar-refractivity contribution is 0.143. The lowest BCUT2D eigenvalue weighted by Gasteiger charge is -2.35. The van der Waals surface area contributed by atoms with Crippen molar-refractivity contribution < 1.29 is 4.74 Å². The molecule has 3 unspecified atom stereocenters. The second-order valence-corrected chi connectivity index (χ2v) is 5.15. The molecule has 0 saturated heterocycles. The van der Waals surface area contributed by atoms with Crippen LogP contribution in [0.5, 0.6) is 0 Å². The van der Waals surface area contributed by atoms with Crippen LogP contribution in [0.3, 0.4) is 0 Å². The van der Waals surface area contributed by atoms with Crippen molar-refractivity contribution in [1.82, 2.24) is 0 Å². The molecular formula is C14H28O. The van der Waals surface area contributed by atoms with Crippen LogP contribution in [-0.4, -0.2) is 13.7 Å². The van der Waals surface area contributed by atoms with Gasteiger partial charge in [0.1, 0.15) is 0 Å². The molecule has 0 aliphatic heterocycles. The van der Waals surface area contributed by atoms with Crippen LogP contribution in [0.4, 0.5) is 0 Å². The molecule has 1 aliphatic carbocycles. The summed E-state index contributed by atoms with van der Waals surface area (Å²) in [5.74, 6) is 3.03. The summed E-state index contributed by atoms with van der Waals surface area (Å²) >= 11 is 0. The van der Waals surface area contributed by atoms with Gasteiger partial charge in [0.2, 0.25) is 0 Å². The fraction of sp³-hybridized carbons (Fsp3) is 1.00. The lowest BCUT2D eigenvalue weighted by atomic mass is 9.71. The van der Waals surface area contributed by atoms with Crippen LogP contribution in [-0.2, 0) is 4.74 Å². The minimum absolute atomic E-state index is 0.949. The summed E-state index contributed by atoms with van der Waals surface area (Å²) in [6.07, 6.45) is 9.86. The molecule has 0 aromatic heterocycles. The Bertz CT molecular complexity index is 153. The molecular weight excluding hydrogens is 184 g/mol. The number of hydrogen-bond acceptors (Lipinski definition) is 1. The van der Waals surface area contributed by atoms with Gasteiger partial charge in [0.15, 0.2) is 0 Å². The maximum atomic E-state index is 5.13. The van der Waals surface area contributed by atoms with Crippen molar-refractivity contribution >= 4 is 0 Å². The number of hydrogen-bond donors (Lipinski definition) is 0. The Morgan fingerprint density at radius 3 is 2.40 bits per heavy atom. The Balaban J connectivity index is 2.26. The molecule has 1 rings (SSSR count). The van der Waals surface area contributed by atoms with E-state index in [1.807, 2.05) is 7.11 Å². The summed E-state index contributed by atoms with van der Waals surface area (Å²) in [6, 6.07) is 0. The van der Waals surface area contributed by atoms with Gasteiger partial charge in [0.05, 0.1) is 0 Å². The topological polar surface area (TPSA) is 9.23 Å². The zero-order valence-corrected chi connectivity index (χ0v) is 10.8. The predicted octanol–water partition coefficient (Wildman–Crippen LogP) is 4.27. The average molecular weight is 212 g/mol. The van der Waals surface area contributed by atoms with Gasteiger partial charge in [-0.2, -0.15) is 0 Å². The van der Waals surface area contributed by atoms with E-state index in [0.29, 0.717) is 0 Å². The molecule has 1 nitrogen and oxygen atoms in total. The summed E-state index contributed by atoms with van der Waals surface area (Å²) < 4.78 is 5.13. The molecule has 0 radical (unpaired) electrons. The third-order valence-corrected chi connectivity index (χ3v) is 4.26. The molecule has 1 heteroatoms. The largest absolute Gasteiger partial charge is 0.385 e. The lowest BCUT2D eigenvalue weighted by Crippen LogP contribution is -2.24. The first kappa shape index (κ1) is 13.0. The first-order valence-electron chi connectivity index (χ1n) is 6.80. The predicted molar refractivity (Wildman–Crippen MR) is 66.0 cm³/mol. The first-order chi connectivity index (χ1) is 7.31. The quantitative estimate of drug-likeness (QED) is 0.598. The molecule has 1 saturated carbocycles. The van der Waals surface area contributed by atoms with Crippen LogP contribution < -0.4 is 0 Å². The van der Waals surface area contributed by atoms with E-state index < -0.39 is 0 Å². The van der Waals surface area contributed by atoms with E-state index in [4.69, 9.17) is 4.74 Å². The van der Waals surface area contributed by atoms with Gasteiger partial charge in [-0.3, -0.25) is 0 Å². The fourth-order valence-corrected chi connectivity index (χ4v) is 3.24. The van der Waals surface area contributed by atoms with Crippen LogP contribution >= 0.6 is 0 Å². The molecule has 0 aromatic rings. The van der Waals surface area contributed by atoms with Gasteiger partial charge in [-0.1, -0.05) is 33.1 Å². The normalized spacial score (nSPS) is 31.8. The average Bonchev–Trinajstić information content (AvgIpc) is 2.29. The SMILES string of the molecule is CCC1CCC(CCCOC)CC1CC. The minimum atomic E-state index is 0.949. The molecule has 0 bridgehead atoms. The second-order valence-electron chi connectivity index (χ2n) is 5.15. The summed E-state index contributed by atoms with van der Waals surface area (Å²) in [6.45, 7) is 5.67. The maximum Gasteiger partial charge on any atom is 0.0462 e. The van der Waals surface area contributed by atoms with E-state index in [0.717, 1.165) is 24.4 Å². The van der Waals surface area contributed by atoms with Crippen LogP contribution in [0.25, 0.3) is 0 Å². The van der Waals surface area contributed by atoms with Crippen LogP contribution in [0.15, 0.2) is 0 Å².